The Morgan fingerprint density at radius 3 is 2.94 bits per heavy atom. The molecule has 4 nitrogen and oxygen atoms in total. The predicted octanol–water partition coefficient (Wildman–Crippen LogP) is 1.96. The van der Waals surface area contributed by atoms with Gasteiger partial charge in [0.2, 0.25) is 6.79 Å². The highest BCUT2D eigenvalue weighted by molar-refractivity contribution is 6.33. The van der Waals surface area contributed by atoms with Crippen LogP contribution in [0.15, 0.2) is 6.07 Å². The molecule has 1 unspecified atom stereocenters. The van der Waals surface area contributed by atoms with Gasteiger partial charge in [-0.15, -0.1) is 0 Å². The largest absolute Gasteiger partial charge is 0.453 e. The zero-order valence-electron chi connectivity index (χ0n) is 9.16. The monoisotopic (exact) mass is 253 g/mol. The third kappa shape index (κ3) is 1.68. The Hall–Kier alpha value is -1.26. The molecular formula is C12H12ClNO3. The van der Waals surface area contributed by atoms with Gasteiger partial charge in [0.05, 0.1) is 10.6 Å². The van der Waals surface area contributed by atoms with Crippen molar-refractivity contribution < 1.29 is 14.3 Å². The lowest BCUT2D eigenvalue weighted by molar-refractivity contribution is 0.111. The van der Waals surface area contributed by atoms with Crippen LogP contribution in [-0.4, -0.2) is 26.2 Å². The summed E-state index contributed by atoms with van der Waals surface area (Å²) in [6.07, 6.45) is 1.76. The summed E-state index contributed by atoms with van der Waals surface area (Å²) in [5.74, 6) is 1.56. The van der Waals surface area contributed by atoms with Gasteiger partial charge in [0.15, 0.2) is 17.8 Å². The maximum atomic E-state index is 11.0. The molecule has 0 bridgehead atoms. The molecule has 1 fully saturated rings. The van der Waals surface area contributed by atoms with Gasteiger partial charge in [0.1, 0.15) is 0 Å². The van der Waals surface area contributed by atoms with Gasteiger partial charge >= 0.3 is 0 Å². The van der Waals surface area contributed by atoms with Crippen LogP contribution >= 0.6 is 11.6 Å². The number of fused-ring (bicyclic) bond motifs is 1. The van der Waals surface area contributed by atoms with Gasteiger partial charge in [0, 0.05) is 18.0 Å². The van der Waals surface area contributed by atoms with Gasteiger partial charge in [-0.05, 0) is 19.0 Å². The number of halogens is 1. The Morgan fingerprint density at radius 1 is 1.41 bits per heavy atom. The normalized spacial score (nSPS) is 21.8. The highest BCUT2D eigenvalue weighted by Gasteiger charge is 2.29. The van der Waals surface area contributed by atoms with Crippen LogP contribution in [0.4, 0.5) is 0 Å². The molecule has 1 aromatic carbocycles. The quantitative estimate of drug-likeness (QED) is 0.819. The molecule has 90 valence electrons. The fraction of sp³-hybridized carbons (Fsp3) is 0.417. The molecule has 0 saturated carbocycles. The van der Waals surface area contributed by atoms with Gasteiger partial charge < -0.3 is 14.8 Å². The second kappa shape index (κ2) is 4.20. The van der Waals surface area contributed by atoms with E-state index in [1.165, 1.54) is 0 Å². The Kier molecular flexibility index (Phi) is 2.68. The molecule has 0 radical (unpaired) electrons. The number of rotatable bonds is 2. The lowest BCUT2D eigenvalue weighted by Gasteiger charge is -2.13. The fourth-order valence-corrected chi connectivity index (χ4v) is 2.66. The van der Waals surface area contributed by atoms with Crippen molar-refractivity contribution >= 4 is 17.9 Å². The van der Waals surface area contributed by atoms with Crippen molar-refractivity contribution in [2.75, 3.05) is 19.9 Å². The number of aldehydes is 1. The Balaban J connectivity index is 2.13. The predicted molar refractivity (Wildman–Crippen MR) is 63.2 cm³/mol. The Labute approximate surface area is 104 Å². The topological polar surface area (TPSA) is 47.6 Å². The van der Waals surface area contributed by atoms with Gasteiger partial charge in [0.25, 0.3) is 0 Å². The third-order valence-electron chi connectivity index (χ3n) is 3.28. The minimum absolute atomic E-state index is 0.156. The average molecular weight is 254 g/mol. The molecular weight excluding hydrogens is 242 g/mol. The van der Waals surface area contributed by atoms with Crippen LogP contribution in [0, 0.1) is 0 Å². The summed E-state index contributed by atoms with van der Waals surface area (Å²) in [5, 5.41) is 3.74. The first-order valence-electron chi connectivity index (χ1n) is 5.59. The zero-order chi connectivity index (χ0) is 11.8. The number of ether oxygens (including phenoxy) is 2. The number of hydrogen-bond acceptors (Lipinski definition) is 4. The van der Waals surface area contributed by atoms with Gasteiger partial charge in [-0.3, -0.25) is 4.79 Å². The molecule has 3 rings (SSSR count). The summed E-state index contributed by atoms with van der Waals surface area (Å²) < 4.78 is 10.8. The molecule has 1 saturated heterocycles. The zero-order valence-corrected chi connectivity index (χ0v) is 9.92. The van der Waals surface area contributed by atoms with Crippen LogP contribution in [0.1, 0.15) is 28.3 Å². The van der Waals surface area contributed by atoms with E-state index in [1.807, 2.05) is 6.07 Å². The van der Waals surface area contributed by atoms with E-state index in [2.05, 4.69) is 5.32 Å². The first-order chi connectivity index (χ1) is 8.31. The molecule has 0 amide bonds. The van der Waals surface area contributed by atoms with E-state index in [-0.39, 0.29) is 6.79 Å². The van der Waals surface area contributed by atoms with Gasteiger partial charge in [-0.1, -0.05) is 11.6 Å². The van der Waals surface area contributed by atoms with Crippen LogP contribution in [0.2, 0.25) is 5.02 Å². The Morgan fingerprint density at radius 2 is 2.24 bits per heavy atom. The average Bonchev–Trinajstić information content (AvgIpc) is 2.99. The van der Waals surface area contributed by atoms with Crippen molar-refractivity contribution in [3.05, 3.63) is 22.2 Å². The van der Waals surface area contributed by atoms with Crippen LogP contribution in [0.3, 0.4) is 0 Å². The standard InChI is InChI=1S/C12H12ClNO3/c13-10-3-8(7-1-2-14-4-7)11-12(9(10)5-15)17-6-16-11/h3,5,7,14H,1-2,4,6H2. The number of hydrogen-bond donors (Lipinski definition) is 1. The van der Waals surface area contributed by atoms with Crippen molar-refractivity contribution in [2.45, 2.75) is 12.3 Å². The van der Waals surface area contributed by atoms with E-state index < -0.39 is 0 Å². The Bertz CT molecular complexity index is 469. The van der Waals surface area contributed by atoms with E-state index >= 15 is 0 Å². The lowest BCUT2D eigenvalue weighted by Crippen LogP contribution is -2.08. The molecule has 0 aliphatic carbocycles. The molecule has 0 spiro atoms. The summed E-state index contributed by atoms with van der Waals surface area (Å²) in [6.45, 7) is 2.06. The number of benzene rings is 1. The molecule has 2 aliphatic rings. The third-order valence-corrected chi connectivity index (χ3v) is 3.59. The summed E-state index contributed by atoms with van der Waals surface area (Å²) in [6, 6.07) is 1.83. The van der Waals surface area contributed by atoms with Crippen LogP contribution in [0.25, 0.3) is 0 Å². The second-order valence-corrected chi connectivity index (χ2v) is 4.64. The second-order valence-electron chi connectivity index (χ2n) is 4.23. The summed E-state index contributed by atoms with van der Waals surface area (Å²) in [5.41, 5.74) is 1.42. The maximum absolute atomic E-state index is 11.0. The number of carbonyl (C=O) groups is 1. The van der Waals surface area contributed by atoms with Gasteiger partial charge in [-0.25, -0.2) is 0 Å². The first-order valence-corrected chi connectivity index (χ1v) is 5.97. The van der Waals surface area contributed by atoms with Crippen molar-refractivity contribution in [2.24, 2.45) is 0 Å². The van der Waals surface area contributed by atoms with E-state index in [0.29, 0.717) is 34.3 Å². The van der Waals surface area contributed by atoms with Crippen molar-refractivity contribution in [3.8, 4) is 11.5 Å². The molecule has 1 atom stereocenters. The van der Waals surface area contributed by atoms with Gasteiger partial charge in [-0.2, -0.15) is 0 Å². The molecule has 2 aliphatic heterocycles. The van der Waals surface area contributed by atoms with Crippen LogP contribution in [0.5, 0.6) is 11.5 Å². The summed E-state index contributed by atoms with van der Waals surface area (Å²) in [4.78, 5) is 11.0. The first kappa shape index (κ1) is 10.9. The van der Waals surface area contributed by atoms with E-state index in [1.54, 1.807) is 0 Å². The highest BCUT2D eigenvalue weighted by Crippen LogP contribution is 2.45. The van der Waals surface area contributed by atoms with Crippen molar-refractivity contribution in [3.63, 3.8) is 0 Å². The molecule has 0 aromatic heterocycles. The fourth-order valence-electron chi connectivity index (χ4n) is 2.41. The highest BCUT2D eigenvalue weighted by atomic mass is 35.5. The molecule has 1 N–H and O–H groups in total. The lowest BCUT2D eigenvalue weighted by atomic mass is 9.95. The van der Waals surface area contributed by atoms with Crippen molar-refractivity contribution in [1.82, 2.24) is 5.32 Å². The van der Waals surface area contributed by atoms with E-state index in [4.69, 9.17) is 21.1 Å². The van der Waals surface area contributed by atoms with Crippen LogP contribution < -0.4 is 14.8 Å². The smallest absolute Gasteiger partial charge is 0.231 e. The van der Waals surface area contributed by atoms with E-state index in [0.717, 1.165) is 25.1 Å². The summed E-state index contributed by atoms with van der Waals surface area (Å²) in [7, 11) is 0. The SMILES string of the molecule is O=Cc1c(Cl)cc(C2CCNC2)c2c1OCO2. The number of carbonyl (C=O) groups excluding carboxylic acids is 1. The minimum Gasteiger partial charge on any atom is -0.453 e. The molecule has 2 heterocycles. The van der Waals surface area contributed by atoms with E-state index in [9.17, 15) is 4.79 Å². The molecule has 1 aromatic rings. The molecule has 17 heavy (non-hydrogen) atoms. The summed E-state index contributed by atoms with van der Waals surface area (Å²) >= 11 is 6.10. The maximum Gasteiger partial charge on any atom is 0.231 e. The minimum atomic E-state index is 0.156. The van der Waals surface area contributed by atoms with Crippen molar-refractivity contribution in [1.29, 1.82) is 0 Å². The van der Waals surface area contributed by atoms with Crippen LogP contribution in [-0.2, 0) is 0 Å². The number of nitrogens with one attached hydrogen (secondary N) is 1. The molecule has 5 heteroatoms.